The summed E-state index contributed by atoms with van der Waals surface area (Å²) >= 11 is 0. The van der Waals surface area contributed by atoms with Crippen molar-refractivity contribution in [1.29, 1.82) is 0 Å². The van der Waals surface area contributed by atoms with Gasteiger partial charge in [-0.1, -0.05) is 6.08 Å². The lowest BCUT2D eigenvalue weighted by Gasteiger charge is -2.33. The van der Waals surface area contributed by atoms with E-state index in [1.54, 1.807) is 0 Å². The van der Waals surface area contributed by atoms with E-state index in [1.165, 1.54) is 6.08 Å². The molecule has 12 heavy (non-hydrogen) atoms. The van der Waals surface area contributed by atoms with E-state index in [0.717, 1.165) is 6.29 Å². The van der Waals surface area contributed by atoms with Crippen LogP contribution in [0.15, 0.2) is 12.2 Å². The van der Waals surface area contributed by atoms with Crippen LogP contribution in [0.3, 0.4) is 0 Å². The number of carbonyl (C=O) groups is 1. The van der Waals surface area contributed by atoms with E-state index in [2.05, 4.69) is 0 Å². The van der Waals surface area contributed by atoms with Crippen molar-refractivity contribution in [2.75, 3.05) is 13.2 Å². The van der Waals surface area contributed by atoms with Crippen molar-refractivity contribution in [3.05, 3.63) is 12.2 Å². The fraction of sp³-hybridized carbons (Fsp3) is 0.667. The molecular weight excluding hydrogens is 156 g/mol. The standard InChI is InChI=1S/C9H14O3/c1-9(2)11-6-8(7-12-9)4-3-5-10/h3-5,8H,6-7H2,1-2H3/b4-3+. The van der Waals surface area contributed by atoms with Crippen LogP contribution in [0, 0.1) is 5.92 Å². The molecule has 0 unspecified atom stereocenters. The second kappa shape index (κ2) is 3.83. The molecule has 0 aromatic carbocycles. The summed E-state index contributed by atoms with van der Waals surface area (Å²) in [6.45, 7) is 5.01. The van der Waals surface area contributed by atoms with Crippen molar-refractivity contribution in [3.8, 4) is 0 Å². The van der Waals surface area contributed by atoms with Crippen LogP contribution in [0.5, 0.6) is 0 Å². The lowest BCUT2D eigenvalue weighted by atomic mass is 10.1. The second-order valence-electron chi connectivity index (χ2n) is 3.30. The minimum absolute atomic E-state index is 0.211. The van der Waals surface area contributed by atoms with Gasteiger partial charge in [-0.15, -0.1) is 0 Å². The van der Waals surface area contributed by atoms with Gasteiger partial charge >= 0.3 is 0 Å². The van der Waals surface area contributed by atoms with E-state index in [9.17, 15) is 4.79 Å². The van der Waals surface area contributed by atoms with Crippen molar-refractivity contribution in [1.82, 2.24) is 0 Å². The number of ether oxygens (including phenoxy) is 2. The average molecular weight is 170 g/mol. The first kappa shape index (κ1) is 9.42. The molecule has 1 heterocycles. The number of rotatable bonds is 2. The van der Waals surface area contributed by atoms with E-state index < -0.39 is 5.79 Å². The molecule has 1 aliphatic heterocycles. The predicted molar refractivity (Wildman–Crippen MR) is 44.7 cm³/mol. The number of allylic oxidation sites excluding steroid dienone is 1. The summed E-state index contributed by atoms with van der Waals surface area (Å²) in [5.41, 5.74) is 0. The number of carbonyl (C=O) groups excluding carboxylic acids is 1. The summed E-state index contributed by atoms with van der Waals surface area (Å²) in [5, 5.41) is 0. The maximum atomic E-state index is 10.0. The molecule has 1 fully saturated rings. The number of hydrogen-bond donors (Lipinski definition) is 0. The third kappa shape index (κ3) is 2.75. The normalized spacial score (nSPS) is 24.5. The topological polar surface area (TPSA) is 35.5 Å². The molecule has 1 aliphatic rings. The third-order valence-corrected chi connectivity index (χ3v) is 1.75. The highest BCUT2D eigenvalue weighted by Crippen LogP contribution is 2.20. The van der Waals surface area contributed by atoms with Crippen LogP contribution in [-0.2, 0) is 14.3 Å². The largest absolute Gasteiger partial charge is 0.350 e. The Bertz CT molecular complexity index is 174. The molecular formula is C9H14O3. The van der Waals surface area contributed by atoms with E-state index in [1.807, 2.05) is 19.9 Å². The molecule has 0 atom stereocenters. The highest BCUT2D eigenvalue weighted by Gasteiger charge is 2.26. The molecule has 0 saturated carbocycles. The Labute approximate surface area is 72.4 Å². The Morgan fingerprint density at radius 3 is 2.42 bits per heavy atom. The lowest BCUT2D eigenvalue weighted by Crippen LogP contribution is -2.38. The Balaban J connectivity index is 2.36. The first-order chi connectivity index (χ1) is 5.64. The van der Waals surface area contributed by atoms with Crippen LogP contribution in [0.4, 0.5) is 0 Å². The lowest BCUT2D eigenvalue weighted by molar-refractivity contribution is -0.256. The Morgan fingerprint density at radius 2 is 1.92 bits per heavy atom. The maximum Gasteiger partial charge on any atom is 0.162 e. The van der Waals surface area contributed by atoms with Gasteiger partial charge in [0.05, 0.1) is 13.2 Å². The molecule has 68 valence electrons. The summed E-state index contributed by atoms with van der Waals surface area (Å²) in [7, 11) is 0. The van der Waals surface area contributed by atoms with Crippen LogP contribution in [0.2, 0.25) is 0 Å². The van der Waals surface area contributed by atoms with E-state index >= 15 is 0 Å². The summed E-state index contributed by atoms with van der Waals surface area (Å²) in [4.78, 5) is 10.0. The third-order valence-electron chi connectivity index (χ3n) is 1.75. The molecule has 1 rings (SSSR count). The zero-order chi connectivity index (χ0) is 9.03. The monoisotopic (exact) mass is 170 g/mol. The van der Waals surface area contributed by atoms with Gasteiger partial charge in [-0.05, 0) is 19.9 Å². The van der Waals surface area contributed by atoms with Crippen LogP contribution < -0.4 is 0 Å². The molecule has 0 aromatic heterocycles. The van der Waals surface area contributed by atoms with Gasteiger partial charge < -0.3 is 9.47 Å². The molecule has 3 heteroatoms. The summed E-state index contributed by atoms with van der Waals surface area (Å²) in [5.74, 6) is -0.255. The van der Waals surface area contributed by atoms with Gasteiger partial charge in [-0.25, -0.2) is 0 Å². The van der Waals surface area contributed by atoms with Crippen molar-refractivity contribution in [3.63, 3.8) is 0 Å². The van der Waals surface area contributed by atoms with Gasteiger partial charge in [-0.3, -0.25) is 4.79 Å². The van der Waals surface area contributed by atoms with Crippen molar-refractivity contribution >= 4 is 6.29 Å². The molecule has 0 N–H and O–H groups in total. The first-order valence-electron chi connectivity index (χ1n) is 4.04. The van der Waals surface area contributed by atoms with Gasteiger partial charge in [-0.2, -0.15) is 0 Å². The molecule has 0 aromatic rings. The van der Waals surface area contributed by atoms with Crippen molar-refractivity contribution < 1.29 is 14.3 Å². The van der Waals surface area contributed by atoms with Gasteiger partial charge in [0.2, 0.25) is 0 Å². The number of hydrogen-bond acceptors (Lipinski definition) is 3. The van der Waals surface area contributed by atoms with Gasteiger partial charge in [0, 0.05) is 5.92 Å². The highest BCUT2D eigenvalue weighted by atomic mass is 16.7. The maximum absolute atomic E-state index is 10.0. The minimum atomic E-state index is -0.467. The van der Waals surface area contributed by atoms with Gasteiger partial charge in [0.1, 0.15) is 6.29 Å². The van der Waals surface area contributed by atoms with Crippen LogP contribution in [0.25, 0.3) is 0 Å². The number of aldehydes is 1. The van der Waals surface area contributed by atoms with Crippen LogP contribution >= 0.6 is 0 Å². The molecule has 0 bridgehead atoms. The van der Waals surface area contributed by atoms with E-state index in [0.29, 0.717) is 13.2 Å². The Morgan fingerprint density at radius 1 is 1.33 bits per heavy atom. The summed E-state index contributed by atoms with van der Waals surface area (Å²) < 4.78 is 10.8. The summed E-state index contributed by atoms with van der Waals surface area (Å²) in [6, 6.07) is 0. The molecule has 3 nitrogen and oxygen atoms in total. The molecule has 0 amide bonds. The van der Waals surface area contributed by atoms with Crippen LogP contribution in [-0.4, -0.2) is 25.3 Å². The van der Waals surface area contributed by atoms with Crippen LogP contribution in [0.1, 0.15) is 13.8 Å². The average Bonchev–Trinajstić information content (AvgIpc) is 2.03. The minimum Gasteiger partial charge on any atom is -0.350 e. The quantitative estimate of drug-likeness (QED) is 0.460. The van der Waals surface area contributed by atoms with Gasteiger partial charge in [0.15, 0.2) is 5.79 Å². The van der Waals surface area contributed by atoms with E-state index in [4.69, 9.17) is 9.47 Å². The van der Waals surface area contributed by atoms with E-state index in [-0.39, 0.29) is 5.92 Å². The zero-order valence-electron chi connectivity index (χ0n) is 7.45. The Hall–Kier alpha value is -0.670. The second-order valence-corrected chi connectivity index (χ2v) is 3.30. The summed E-state index contributed by atoms with van der Waals surface area (Å²) in [6.07, 6.45) is 4.05. The fourth-order valence-corrected chi connectivity index (χ4v) is 1.02. The Kier molecular flexibility index (Phi) is 3.00. The van der Waals surface area contributed by atoms with Crippen molar-refractivity contribution in [2.45, 2.75) is 19.6 Å². The SMILES string of the molecule is CC1(C)OCC(/C=C/C=O)CO1. The predicted octanol–water partition coefficient (Wildman–Crippen LogP) is 1.14. The smallest absolute Gasteiger partial charge is 0.162 e. The van der Waals surface area contributed by atoms with Gasteiger partial charge in [0.25, 0.3) is 0 Å². The molecule has 0 radical (unpaired) electrons. The fourth-order valence-electron chi connectivity index (χ4n) is 1.02. The first-order valence-corrected chi connectivity index (χ1v) is 4.04. The molecule has 0 spiro atoms. The zero-order valence-corrected chi connectivity index (χ0v) is 7.45. The van der Waals surface area contributed by atoms with Crippen molar-refractivity contribution in [2.24, 2.45) is 5.92 Å². The molecule has 0 aliphatic carbocycles. The molecule has 1 saturated heterocycles. The highest BCUT2D eigenvalue weighted by molar-refractivity contribution is 5.64.